The average Bonchev–Trinajstić information content (AvgIpc) is 2.78. The Balaban J connectivity index is 1.84. The molecule has 0 spiro atoms. The van der Waals surface area contributed by atoms with Crippen LogP contribution in [0.2, 0.25) is 5.02 Å². The van der Waals surface area contributed by atoms with Gasteiger partial charge >= 0.3 is 0 Å². The van der Waals surface area contributed by atoms with Gasteiger partial charge in [0.05, 0.1) is 21.5 Å². The maximum Gasteiger partial charge on any atom is 0.264 e. The van der Waals surface area contributed by atoms with Crippen LogP contribution < -0.4 is 9.62 Å². The van der Waals surface area contributed by atoms with Gasteiger partial charge in [0.25, 0.3) is 10.0 Å². The van der Waals surface area contributed by atoms with Gasteiger partial charge in [0, 0.05) is 11.3 Å². The number of sulfone groups is 1. The van der Waals surface area contributed by atoms with Gasteiger partial charge in [0.2, 0.25) is 5.91 Å². The van der Waals surface area contributed by atoms with Gasteiger partial charge in [-0.25, -0.2) is 16.8 Å². The molecule has 7 nitrogen and oxygen atoms in total. The molecule has 0 aromatic heterocycles. The third-order valence-corrected chi connectivity index (χ3v) is 8.09. The van der Waals surface area contributed by atoms with Gasteiger partial charge in [-0.05, 0) is 61.0 Å². The van der Waals surface area contributed by atoms with E-state index < -0.39 is 38.4 Å². The molecule has 0 aliphatic carbocycles. The first-order valence-corrected chi connectivity index (χ1v) is 13.6. The van der Waals surface area contributed by atoms with E-state index in [1.807, 2.05) is 0 Å². The number of nitrogens with one attached hydrogen (secondary N) is 1. The summed E-state index contributed by atoms with van der Waals surface area (Å²) in [5.41, 5.74) is 0.975. The predicted octanol–water partition coefficient (Wildman–Crippen LogP) is 3.82. The molecule has 33 heavy (non-hydrogen) atoms. The van der Waals surface area contributed by atoms with Crippen molar-refractivity contribution in [2.24, 2.45) is 0 Å². The van der Waals surface area contributed by atoms with Crippen molar-refractivity contribution in [3.05, 3.63) is 89.4 Å². The van der Waals surface area contributed by atoms with Crippen LogP contribution in [-0.4, -0.2) is 35.5 Å². The Labute approximate surface area is 199 Å². The first kappa shape index (κ1) is 24.8. The number of benzene rings is 3. The van der Waals surface area contributed by atoms with Gasteiger partial charge in [0.15, 0.2) is 9.84 Å². The summed E-state index contributed by atoms with van der Waals surface area (Å²) in [5, 5.41) is 3.21. The molecule has 3 rings (SSSR count). The Hall–Kier alpha value is -2.88. The highest BCUT2D eigenvalue weighted by Gasteiger charge is 2.27. The van der Waals surface area contributed by atoms with E-state index in [2.05, 4.69) is 5.32 Å². The average molecular weight is 507 g/mol. The molecular formula is C23H23ClN2O5S2. The molecule has 174 valence electrons. The number of carbonyl (C=O) groups excluding carboxylic acids is 1. The zero-order valence-electron chi connectivity index (χ0n) is 18.0. The van der Waals surface area contributed by atoms with Crippen LogP contribution in [0.4, 0.5) is 5.69 Å². The molecule has 0 fully saturated rings. The van der Waals surface area contributed by atoms with Crippen LogP contribution in [0.15, 0.2) is 88.7 Å². The highest BCUT2D eigenvalue weighted by molar-refractivity contribution is 7.93. The molecule has 1 N–H and O–H groups in total. The second-order valence-electron chi connectivity index (χ2n) is 7.43. The molecule has 0 bridgehead atoms. The van der Waals surface area contributed by atoms with E-state index in [1.165, 1.54) is 36.4 Å². The lowest BCUT2D eigenvalue weighted by atomic mass is 10.1. The monoisotopic (exact) mass is 506 g/mol. The van der Waals surface area contributed by atoms with Crippen LogP contribution in [0.1, 0.15) is 18.5 Å². The molecule has 0 saturated carbocycles. The molecule has 0 aliphatic rings. The number of sulfonamides is 1. The predicted molar refractivity (Wildman–Crippen MR) is 129 cm³/mol. The minimum atomic E-state index is -4.02. The van der Waals surface area contributed by atoms with Gasteiger partial charge in [-0.3, -0.25) is 9.10 Å². The first-order valence-electron chi connectivity index (χ1n) is 9.91. The van der Waals surface area contributed by atoms with Crippen molar-refractivity contribution < 1.29 is 21.6 Å². The van der Waals surface area contributed by atoms with Crippen molar-refractivity contribution in [1.29, 1.82) is 0 Å². The van der Waals surface area contributed by atoms with Gasteiger partial charge in [-0.2, -0.15) is 0 Å². The van der Waals surface area contributed by atoms with Crippen LogP contribution >= 0.6 is 11.6 Å². The van der Waals surface area contributed by atoms with E-state index in [1.54, 1.807) is 49.4 Å². The maximum absolute atomic E-state index is 13.3. The van der Waals surface area contributed by atoms with Crippen LogP contribution in [0.5, 0.6) is 0 Å². The summed E-state index contributed by atoms with van der Waals surface area (Å²) in [6, 6.07) is 19.7. The molecule has 1 atom stereocenters. The Morgan fingerprint density at radius 2 is 1.45 bits per heavy atom. The molecule has 0 heterocycles. The quantitative estimate of drug-likeness (QED) is 0.500. The first-order chi connectivity index (χ1) is 15.5. The van der Waals surface area contributed by atoms with Crippen LogP contribution in [0.25, 0.3) is 0 Å². The third kappa shape index (κ3) is 6.13. The third-order valence-electron chi connectivity index (χ3n) is 4.92. The number of anilines is 1. The molecule has 1 amide bonds. The standard InChI is InChI=1S/C23H23ClN2O5S2/c1-17(18-8-14-21(15-9-18)32(2,28)29)25-23(27)16-26(20-12-10-19(24)11-13-20)33(30,31)22-6-4-3-5-7-22/h3-15,17H,16H2,1-2H3,(H,25,27)/t17-/m0/s1. The molecule has 3 aromatic rings. The van der Waals surface area contributed by atoms with E-state index in [9.17, 15) is 21.6 Å². The number of rotatable bonds is 8. The summed E-state index contributed by atoms with van der Waals surface area (Å²) in [6.07, 6.45) is 1.12. The molecule has 0 saturated heterocycles. The van der Waals surface area contributed by atoms with Crippen molar-refractivity contribution in [2.45, 2.75) is 22.8 Å². The topological polar surface area (TPSA) is 101 Å². The van der Waals surface area contributed by atoms with E-state index in [0.29, 0.717) is 16.3 Å². The van der Waals surface area contributed by atoms with Crippen LogP contribution in [-0.2, 0) is 24.7 Å². The lowest BCUT2D eigenvalue weighted by Crippen LogP contribution is -2.41. The molecule has 0 aliphatic heterocycles. The van der Waals surface area contributed by atoms with Crippen molar-refractivity contribution in [2.75, 3.05) is 17.1 Å². The Morgan fingerprint density at radius 3 is 2.00 bits per heavy atom. The van der Waals surface area contributed by atoms with E-state index in [0.717, 1.165) is 10.6 Å². The molecule has 0 radical (unpaired) electrons. The van der Waals surface area contributed by atoms with Crippen molar-refractivity contribution in [3.63, 3.8) is 0 Å². The van der Waals surface area contributed by atoms with Gasteiger partial charge < -0.3 is 5.32 Å². The zero-order chi connectivity index (χ0) is 24.2. The van der Waals surface area contributed by atoms with E-state index in [4.69, 9.17) is 11.6 Å². The maximum atomic E-state index is 13.3. The van der Waals surface area contributed by atoms with Crippen molar-refractivity contribution in [3.8, 4) is 0 Å². The zero-order valence-corrected chi connectivity index (χ0v) is 20.4. The van der Waals surface area contributed by atoms with E-state index in [-0.39, 0.29) is 9.79 Å². The number of amides is 1. The summed E-state index contributed by atoms with van der Waals surface area (Å²) >= 11 is 5.94. The van der Waals surface area contributed by atoms with Crippen LogP contribution in [0.3, 0.4) is 0 Å². The lowest BCUT2D eigenvalue weighted by molar-refractivity contribution is -0.120. The lowest BCUT2D eigenvalue weighted by Gasteiger charge is -2.25. The second-order valence-corrected chi connectivity index (χ2v) is 11.7. The number of carbonyl (C=O) groups is 1. The normalized spacial score (nSPS) is 12.7. The molecule has 0 unspecified atom stereocenters. The Bertz CT molecular complexity index is 1330. The fourth-order valence-electron chi connectivity index (χ4n) is 3.15. The number of hydrogen-bond donors (Lipinski definition) is 1. The molecular weight excluding hydrogens is 484 g/mol. The van der Waals surface area contributed by atoms with E-state index >= 15 is 0 Å². The largest absolute Gasteiger partial charge is 0.348 e. The molecule has 3 aromatic carbocycles. The van der Waals surface area contributed by atoms with Crippen LogP contribution in [0, 0.1) is 0 Å². The van der Waals surface area contributed by atoms with Gasteiger partial charge in [-0.1, -0.05) is 41.9 Å². The number of halogens is 1. The SMILES string of the molecule is C[C@H](NC(=O)CN(c1ccc(Cl)cc1)S(=O)(=O)c1ccccc1)c1ccc(S(C)(=O)=O)cc1. The molecule has 10 heteroatoms. The summed E-state index contributed by atoms with van der Waals surface area (Å²) in [7, 11) is -7.35. The fourth-order valence-corrected chi connectivity index (χ4v) is 5.35. The minimum absolute atomic E-state index is 0.0529. The highest BCUT2D eigenvalue weighted by atomic mass is 35.5. The number of nitrogens with zero attached hydrogens (tertiary/aromatic N) is 1. The summed E-state index contributed by atoms with van der Waals surface area (Å²) < 4.78 is 50.9. The minimum Gasteiger partial charge on any atom is -0.348 e. The summed E-state index contributed by atoms with van der Waals surface area (Å²) in [4.78, 5) is 13.1. The Kier molecular flexibility index (Phi) is 7.46. The summed E-state index contributed by atoms with van der Waals surface area (Å²) in [5.74, 6) is -0.524. The van der Waals surface area contributed by atoms with Crippen molar-refractivity contribution >= 4 is 43.1 Å². The number of hydrogen-bond acceptors (Lipinski definition) is 5. The fraction of sp³-hybridized carbons (Fsp3) is 0.174. The van der Waals surface area contributed by atoms with Gasteiger partial charge in [0.1, 0.15) is 6.54 Å². The smallest absolute Gasteiger partial charge is 0.264 e. The van der Waals surface area contributed by atoms with Gasteiger partial charge in [-0.15, -0.1) is 0 Å². The highest BCUT2D eigenvalue weighted by Crippen LogP contribution is 2.25. The Morgan fingerprint density at radius 1 is 0.879 bits per heavy atom. The second kappa shape index (κ2) is 9.94. The summed E-state index contributed by atoms with van der Waals surface area (Å²) in [6.45, 7) is 1.27. The van der Waals surface area contributed by atoms with Crippen molar-refractivity contribution in [1.82, 2.24) is 5.32 Å².